The highest BCUT2D eigenvalue weighted by atomic mass is 16.5. The molecular weight excluding hydrogens is 254 g/mol. The number of anilines is 1. The lowest BCUT2D eigenvalue weighted by Gasteiger charge is -2.09. The molecule has 2 aromatic rings. The van der Waals surface area contributed by atoms with Crippen LogP contribution in [0.4, 0.5) is 5.69 Å². The molecule has 0 unspecified atom stereocenters. The Balaban J connectivity index is 1.97. The molecule has 0 aromatic heterocycles. The maximum absolute atomic E-state index is 11.0. The quantitative estimate of drug-likeness (QED) is 0.908. The maximum atomic E-state index is 11.0. The zero-order chi connectivity index (χ0) is 14.4. The number of ether oxygens (including phenoxy) is 2. The molecule has 2 rings (SSSR count). The van der Waals surface area contributed by atoms with Gasteiger partial charge in [0.05, 0.1) is 7.11 Å². The van der Waals surface area contributed by atoms with Gasteiger partial charge in [0.1, 0.15) is 18.1 Å². The highest BCUT2D eigenvalue weighted by Gasteiger charge is 2.00. The van der Waals surface area contributed by atoms with Gasteiger partial charge in [0, 0.05) is 18.7 Å². The van der Waals surface area contributed by atoms with Crippen molar-refractivity contribution in [2.75, 3.05) is 12.4 Å². The van der Waals surface area contributed by atoms with Crippen LogP contribution in [-0.4, -0.2) is 13.0 Å². The van der Waals surface area contributed by atoms with Crippen molar-refractivity contribution in [2.24, 2.45) is 0 Å². The number of methoxy groups -OCH3 is 1. The molecule has 0 aliphatic rings. The van der Waals surface area contributed by atoms with Crippen molar-refractivity contribution in [1.29, 1.82) is 0 Å². The van der Waals surface area contributed by atoms with Gasteiger partial charge in [-0.15, -0.1) is 0 Å². The lowest BCUT2D eigenvalue weighted by molar-refractivity contribution is -0.114. The summed E-state index contributed by atoms with van der Waals surface area (Å²) in [5, 5.41) is 2.72. The average molecular weight is 271 g/mol. The van der Waals surface area contributed by atoms with Crippen LogP contribution in [0.2, 0.25) is 0 Å². The highest BCUT2D eigenvalue weighted by molar-refractivity contribution is 5.88. The lowest BCUT2D eigenvalue weighted by atomic mass is 10.2. The Morgan fingerprint density at radius 3 is 2.50 bits per heavy atom. The Bertz CT molecular complexity index is 579. The second-order valence-corrected chi connectivity index (χ2v) is 4.35. The number of carbonyl (C=O) groups is 1. The number of hydrogen-bond acceptors (Lipinski definition) is 3. The normalized spacial score (nSPS) is 9.90. The van der Waals surface area contributed by atoms with Crippen molar-refractivity contribution in [2.45, 2.75) is 13.5 Å². The second-order valence-electron chi connectivity index (χ2n) is 4.35. The summed E-state index contributed by atoms with van der Waals surface area (Å²) in [6.45, 7) is 1.94. The standard InChI is InChI=1S/C16H17NO3/c1-12(18)17-14-4-3-5-16(10-14)20-11-13-6-8-15(19-2)9-7-13/h3-10H,11H2,1-2H3,(H,17,18). The van der Waals surface area contributed by atoms with Gasteiger partial charge in [-0.3, -0.25) is 4.79 Å². The minimum atomic E-state index is -0.0997. The first kappa shape index (κ1) is 13.9. The van der Waals surface area contributed by atoms with Gasteiger partial charge in [-0.05, 0) is 29.8 Å². The van der Waals surface area contributed by atoms with Gasteiger partial charge in [0.2, 0.25) is 5.91 Å². The molecule has 2 aromatic carbocycles. The molecule has 20 heavy (non-hydrogen) atoms. The highest BCUT2D eigenvalue weighted by Crippen LogP contribution is 2.19. The van der Waals surface area contributed by atoms with E-state index >= 15 is 0 Å². The SMILES string of the molecule is COc1ccc(COc2cccc(NC(C)=O)c2)cc1. The summed E-state index contributed by atoms with van der Waals surface area (Å²) in [5.41, 5.74) is 1.78. The monoisotopic (exact) mass is 271 g/mol. The molecule has 0 bridgehead atoms. The van der Waals surface area contributed by atoms with Crippen LogP contribution < -0.4 is 14.8 Å². The van der Waals surface area contributed by atoms with E-state index in [1.807, 2.05) is 42.5 Å². The van der Waals surface area contributed by atoms with Crippen molar-refractivity contribution >= 4 is 11.6 Å². The van der Waals surface area contributed by atoms with Crippen molar-refractivity contribution in [3.8, 4) is 11.5 Å². The smallest absolute Gasteiger partial charge is 0.221 e. The lowest BCUT2D eigenvalue weighted by Crippen LogP contribution is -2.05. The van der Waals surface area contributed by atoms with Gasteiger partial charge >= 0.3 is 0 Å². The number of carbonyl (C=O) groups excluding carboxylic acids is 1. The summed E-state index contributed by atoms with van der Waals surface area (Å²) < 4.78 is 10.8. The van der Waals surface area contributed by atoms with Crippen LogP contribution in [-0.2, 0) is 11.4 Å². The van der Waals surface area contributed by atoms with Gasteiger partial charge in [-0.2, -0.15) is 0 Å². The van der Waals surface area contributed by atoms with E-state index in [-0.39, 0.29) is 5.91 Å². The largest absolute Gasteiger partial charge is 0.497 e. The first-order valence-electron chi connectivity index (χ1n) is 6.31. The minimum Gasteiger partial charge on any atom is -0.497 e. The Morgan fingerprint density at radius 2 is 1.85 bits per heavy atom. The Morgan fingerprint density at radius 1 is 1.10 bits per heavy atom. The molecule has 1 N–H and O–H groups in total. The van der Waals surface area contributed by atoms with Gasteiger partial charge in [0.25, 0.3) is 0 Å². The molecule has 0 saturated carbocycles. The zero-order valence-electron chi connectivity index (χ0n) is 11.6. The third-order valence-electron chi connectivity index (χ3n) is 2.72. The Hall–Kier alpha value is -2.49. The topological polar surface area (TPSA) is 47.6 Å². The van der Waals surface area contributed by atoms with Gasteiger partial charge < -0.3 is 14.8 Å². The van der Waals surface area contributed by atoms with Gasteiger partial charge in [0.15, 0.2) is 0 Å². The summed E-state index contributed by atoms with van der Waals surface area (Å²) in [7, 11) is 1.64. The number of nitrogens with one attached hydrogen (secondary N) is 1. The van der Waals surface area contributed by atoms with Crippen LogP contribution in [0, 0.1) is 0 Å². The van der Waals surface area contributed by atoms with Crippen molar-refractivity contribution in [3.05, 3.63) is 54.1 Å². The number of benzene rings is 2. The van der Waals surface area contributed by atoms with Gasteiger partial charge in [-0.1, -0.05) is 18.2 Å². The molecule has 104 valence electrons. The van der Waals surface area contributed by atoms with Crippen molar-refractivity contribution in [1.82, 2.24) is 0 Å². The van der Waals surface area contributed by atoms with E-state index in [2.05, 4.69) is 5.32 Å². The van der Waals surface area contributed by atoms with Crippen molar-refractivity contribution < 1.29 is 14.3 Å². The third kappa shape index (κ3) is 4.02. The second kappa shape index (κ2) is 6.61. The van der Waals surface area contributed by atoms with Crippen LogP contribution >= 0.6 is 0 Å². The van der Waals surface area contributed by atoms with Crippen LogP contribution in [0.25, 0.3) is 0 Å². The third-order valence-corrected chi connectivity index (χ3v) is 2.72. The summed E-state index contributed by atoms with van der Waals surface area (Å²) >= 11 is 0. The maximum Gasteiger partial charge on any atom is 0.221 e. The molecular formula is C16H17NO3. The number of rotatable bonds is 5. The fourth-order valence-electron chi connectivity index (χ4n) is 1.76. The molecule has 4 heteroatoms. The summed E-state index contributed by atoms with van der Waals surface area (Å²) in [6.07, 6.45) is 0. The fourth-order valence-corrected chi connectivity index (χ4v) is 1.76. The van der Waals surface area contributed by atoms with E-state index in [9.17, 15) is 4.79 Å². The van der Waals surface area contributed by atoms with Crippen LogP contribution in [0.3, 0.4) is 0 Å². The van der Waals surface area contributed by atoms with Gasteiger partial charge in [-0.25, -0.2) is 0 Å². The Labute approximate surface area is 118 Å². The molecule has 0 atom stereocenters. The predicted octanol–water partition coefficient (Wildman–Crippen LogP) is 3.23. The molecule has 0 saturated heterocycles. The molecule has 4 nitrogen and oxygen atoms in total. The van der Waals surface area contributed by atoms with E-state index in [1.165, 1.54) is 6.92 Å². The van der Waals surface area contributed by atoms with Crippen molar-refractivity contribution in [3.63, 3.8) is 0 Å². The minimum absolute atomic E-state index is 0.0997. The molecule has 0 fully saturated rings. The predicted molar refractivity (Wildman–Crippen MR) is 78.1 cm³/mol. The van der Waals surface area contributed by atoms with E-state index in [0.29, 0.717) is 12.4 Å². The van der Waals surface area contributed by atoms with Crippen LogP contribution in [0.15, 0.2) is 48.5 Å². The Kier molecular flexibility index (Phi) is 4.60. The summed E-state index contributed by atoms with van der Waals surface area (Å²) in [6, 6.07) is 15.0. The van der Waals surface area contributed by atoms with E-state index in [1.54, 1.807) is 13.2 Å². The summed E-state index contributed by atoms with van der Waals surface area (Å²) in [4.78, 5) is 11.0. The summed E-state index contributed by atoms with van der Waals surface area (Å²) in [5.74, 6) is 1.44. The van der Waals surface area contributed by atoms with E-state index in [0.717, 1.165) is 17.0 Å². The van der Waals surface area contributed by atoms with E-state index in [4.69, 9.17) is 9.47 Å². The van der Waals surface area contributed by atoms with Crippen LogP contribution in [0.1, 0.15) is 12.5 Å². The molecule has 0 spiro atoms. The molecule has 0 aliphatic heterocycles. The van der Waals surface area contributed by atoms with E-state index < -0.39 is 0 Å². The molecule has 0 radical (unpaired) electrons. The zero-order valence-corrected chi connectivity index (χ0v) is 11.6. The molecule has 1 amide bonds. The fraction of sp³-hybridized carbons (Fsp3) is 0.188. The molecule has 0 heterocycles. The average Bonchev–Trinajstić information content (AvgIpc) is 2.45. The molecule has 0 aliphatic carbocycles. The number of hydrogen-bond donors (Lipinski definition) is 1. The first-order chi connectivity index (χ1) is 9.67. The van der Waals surface area contributed by atoms with Crippen LogP contribution in [0.5, 0.6) is 11.5 Å². The number of amides is 1. The first-order valence-corrected chi connectivity index (χ1v) is 6.31.